The zero-order chi connectivity index (χ0) is 43.3. The highest BCUT2D eigenvalue weighted by molar-refractivity contribution is 5.71. The lowest BCUT2D eigenvalue weighted by Crippen LogP contribution is -2.30. The van der Waals surface area contributed by atoms with Gasteiger partial charge in [-0.05, 0) is 31.1 Å². The van der Waals surface area contributed by atoms with Gasteiger partial charge < -0.3 is 14.2 Å². The second kappa shape index (κ2) is 45.9. The smallest absolute Gasteiger partial charge is 0.306 e. The molecule has 0 spiro atoms. The molecule has 350 valence electrons. The summed E-state index contributed by atoms with van der Waals surface area (Å²) in [5, 5.41) is 0. The largest absolute Gasteiger partial charge is 0.462 e. The first kappa shape index (κ1) is 57.4. The van der Waals surface area contributed by atoms with Crippen molar-refractivity contribution in [2.24, 2.45) is 11.8 Å². The molecule has 0 aromatic carbocycles. The van der Waals surface area contributed by atoms with Crippen LogP contribution in [-0.4, -0.2) is 37.2 Å². The van der Waals surface area contributed by atoms with Crippen LogP contribution in [0.3, 0.4) is 0 Å². The van der Waals surface area contributed by atoms with Crippen LogP contribution < -0.4 is 0 Å². The van der Waals surface area contributed by atoms with E-state index in [1.165, 1.54) is 180 Å². The SMILES string of the molecule is CCCCCCCCCCCCC(=O)O[C@@H](COC(=O)CCCCCCCCCCCCCCCCCCCCC(C)C)COC(=O)CCCCCCCCCC(C)C. The number of ether oxygens (including phenoxy) is 3. The van der Waals surface area contributed by atoms with Crippen LogP contribution in [0.15, 0.2) is 0 Å². The molecule has 6 nitrogen and oxygen atoms in total. The lowest BCUT2D eigenvalue weighted by molar-refractivity contribution is -0.167. The highest BCUT2D eigenvalue weighted by Crippen LogP contribution is 2.17. The molecular weight excluding hydrogens is 733 g/mol. The molecule has 0 rings (SSSR count). The minimum atomic E-state index is -0.761. The van der Waals surface area contributed by atoms with E-state index in [0.29, 0.717) is 19.3 Å². The van der Waals surface area contributed by atoms with Crippen LogP contribution in [0.25, 0.3) is 0 Å². The Morgan fingerprint density at radius 3 is 0.831 bits per heavy atom. The quantitative estimate of drug-likeness (QED) is 0.0345. The monoisotopic (exact) mass is 835 g/mol. The van der Waals surface area contributed by atoms with Crippen molar-refractivity contribution >= 4 is 17.9 Å². The third-order valence-corrected chi connectivity index (χ3v) is 12.0. The number of carbonyl (C=O) groups excluding carboxylic acids is 3. The van der Waals surface area contributed by atoms with Gasteiger partial charge in [0.15, 0.2) is 6.10 Å². The fourth-order valence-corrected chi connectivity index (χ4v) is 7.99. The van der Waals surface area contributed by atoms with Crippen LogP contribution in [0, 0.1) is 11.8 Å². The van der Waals surface area contributed by atoms with E-state index in [0.717, 1.165) is 69.6 Å². The minimum Gasteiger partial charge on any atom is -0.462 e. The van der Waals surface area contributed by atoms with Crippen LogP contribution in [0.1, 0.15) is 291 Å². The Hall–Kier alpha value is -1.59. The van der Waals surface area contributed by atoms with E-state index in [9.17, 15) is 14.4 Å². The van der Waals surface area contributed by atoms with Gasteiger partial charge in [-0.2, -0.15) is 0 Å². The Bertz CT molecular complexity index is 900. The zero-order valence-electron chi connectivity index (χ0n) is 40.4. The molecule has 0 bridgehead atoms. The number of carbonyl (C=O) groups is 3. The standard InChI is InChI=1S/C53H102O6/c1-6-7-8-9-10-11-23-29-35-40-45-53(56)59-50(47-58-52(55)44-39-34-30-25-27-32-37-42-49(4)5)46-57-51(54)43-38-33-28-24-21-19-17-15-13-12-14-16-18-20-22-26-31-36-41-48(2)3/h48-50H,6-47H2,1-5H3/t50-/m0/s1. The summed E-state index contributed by atoms with van der Waals surface area (Å²) in [5.74, 6) is 0.788. The summed E-state index contributed by atoms with van der Waals surface area (Å²) in [5.41, 5.74) is 0. The molecule has 0 fully saturated rings. The Kier molecular flexibility index (Phi) is 44.7. The second-order valence-electron chi connectivity index (χ2n) is 19.1. The van der Waals surface area contributed by atoms with Crippen molar-refractivity contribution in [3.8, 4) is 0 Å². The summed E-state index contributed by atoms with van der Waals surface area (Å²) in [6.07, 6.45) is 46.8. The summed E-state index contributed by atoms with van der Waals surface area (Å²) in [6, 6.07) is 0. The maximum absolute atomic E-state index is 12.7. The molecule has 59 heavy (non-hydrogen) atoms. The topological polar surface area (TPSA) is 78.9 Å². The van der Waals surface area contributed by atoms with E-state index >= 15 is 0 Å². The zero-order valence-corrected chi connectivity index (χ0v) is 40.4. The van der Waals surface area contributed by atoms with E-state index in [4.69, 9.17) is 14.2 Å². The molecule has 6 heteroatoms. The van der Waals surface area contributed by atoms with Crippen molar-refractivity contribution in [1.82, 2.24) is 0 Å². The van der Waals surface area contributed by atoms with Gasteiger partial charge >= 0.3 is 17.9 Å². The molecule has 0 saturated heterocycles. The number of unbranched alkanes of at least 4 members (excludes halogenated alkanes) is 32. The van der Waals surface area contributed by atoms with E-state index in [1.54, 1.807) is 0 Å². The van der Waals surface area contributed by atoms with Crippen molar-refractivity contribution in [3.63, 3.8) is 0 Å². The molecule has 0 unspecified atom stereocenters. The predicted octanol–water partition coefficient (Wildman–Crippen LogP) is 16.9. The maximum atomic E-state index is 12.7. The van der Waals surface area contributed by atoms with Gasteiger partial charge in [0.2, 0.25) is 0 Å². The molecule has 0 aliphatic heterocycles. The lowest BCUT2D eigenvalue weighted by atomic mass is 10.0. The predicted molar refractivity (Wildman–Crippen MR) is 252 cm³/mol. The van der Waals surface area contributed by atoms with Gasteiger partial charge in [0, 0.05) is 19.3 Å². The van der Waals surface area contributed by atoms with Gasteiger partial charge in [-0.1, -0.05) is 253 Å². The van der Waals surface area contributed by atoms with Crippen LogP contribution in [0.4, 0.5) is 0 Å². The minimum absolute atomic E-state index is 0.0641. The normalized spacial score (nSPS) is 12.1. The fraction of sp³-hybridized carbons (Fsp3) is 0.943. The van der Waals surface area contributed by atoms with Gasteiger partial charge in [0.05, 0.1) is 0 Å². The molecule has 0 aromatic rings. The fourth-order valence-electron chi connectivity index (χ4n) is 7.99. The summed E-state index contributed by atoms with van der Waals surface area (Å²) < 4.78 is 16.8. The highest BCUT2D eigenvalue weighted by Gasteiger charge is 2.19. The van der Waals surface area contributed by atoms with Crippen molar-refractivity contribution in [3.05, 3.63) is 0 Å². The van der Waals surface area contributed by atoms with Gasteiger partial charge in [-0.15, -0.1) is 0 Å². The van der Waals surface area contributed by atoms with Gasteiger partial charge in [0.1, 0.15) is 13.2 Å². The Labute approximate surface area is 368 Å². The van der Waals surface area contributed by atoms with Crippen molar-refractivity contribution in [2.45, 2.75) is 298 Å². The second-order valence-corrected chi connectivity index (χ2v) is 19.1. The number of rotatable bonds is 47. The number of esters is 3. The van der Waals surface area contributed by atoms with Crippen LogP contribution >= 0.6 is 0 Å². The summed E-state index contributed by atoms with van der Waals surface area (Å²) in [6.45, 7) is 11.3. The van der Waals surface area contributed by atoms with E-state index in [-0.39, 0.29) is 31.1 Å². The lowest BCUT2D eigenvalue weighted by Gasteiger charge is -2.18. The van der Waals surface area contributed by atoms with Gasteiger partial charge in [-0.3, -0.25) is 14.4 Å². The Morgan fingerprint density at radius 1 is 0.322 bits per heavy atom. The van der Waals surface area contributed by atoms with E-state index in [2.05, 4.69) is 34.6 Å². The van der Waals surface area contributed by atoms with Crippen LogP contribution in [-0.2, 0) is 28.6 Å². The summed E-state index contributed by atoms with van der Waals surface area (Å²) in [4.78, 5) is 37.8. The molecular formula is C53H102O6. The average molecular weight is 835 g/mol. The number of hydrogen-bond donors (Lipinski definition) is 0. The van der Waals surface area contributed by atoms with Crippen LogP contribution in [0.5, 0.6) is 0 Å². The van der Waals surface area contributed by atoms with E-state index in [1.807, 2.05) is 0 Å². The maximum Gasteiger partial charge on any atom is 0.306 e. The first-order valence-corrected chi connectivity index (χ1v) is 26.2. The van der Waals surface area contributed by atoms with E-state index < -0.39 is 6.10 Å². The van der Waals surface area contributed by atoms with Crippen molar-refractivity contribution < 1.29 is 28.6 Å². The average Bonchev–Trinajstić information content (AvgIpc) is 3.20. The summed E-state index contributed by atoms with van der Waals surface area (Å²) >= 11 is 0. The van der Waals surface area contributed by atoms with Crippen molar-refractivity contribution in [2.75, 3.05) is 13.2 Å². The molecule has 0 saturated carbocycles. The first-order valence-electron chi connectivity index (χ1n) is 26.2. The Morgan fingerprint density at radius 2 is 0.559 bits per heavy atom. The van der Waals surface area contributed by atoms with Gasteiger partial charge in [0.25, 0.3) is 0 Å². The number of hydrogen-bond acceptors (Lipinski definition) is 6. The highest BCUT2D eigenvalue weighted by atomic mass is 16.6. The molecule has 0 N–H and O–H groups in total. The summed E-state index contributed by atoms with van der Waals surface area (Å²) in [7, 11) is 0. The molecule has 0 radical (unpaired) electrons. The molecule has 1 atom stereocenters. The van der Waals surface area contributed by atoms with Crippen LogP contribution in [0.2, 0.25) is 0 Å². The Balaban J connectivity index is 4.16. The third kappa shape index (κ3) is 47.3. The third-order valence-electron chi connectivity index (χ3n) is 12.0. The van der Waals surface area contributed by atoms with Gasteiger partial charge in [-0.25, -0.2) is 0 Å². The molecule has 0 heterocycles. The molecule has 0 amide bonds. The molecule has 0 aromatic heterocycles. The van der Waals surface area contributed by atoms with Crippen molar-refractivity contribution in [1.29, 1.82) is 0 Å². The first-order chi connectivity index (χ1) is 28.7. The molecule has 0 aliphatic rings. The molecule has 0 aliphatic carbocycles.